The molecule has 2 aromatic heterocycles. The number of aromatic nitrogens is 3. The first-order valence-corrected chi connectivity index (χ1v) is 8.92. The number of hydrogen-bond donors (Lipinski definition) is 0. The Balaban J connectivity index is 1.90. The number of nitrogens with zero attached hydrogens (tertiary/aromatic N) is 3. The molecule has 0 spiro atoms. The summed E-state index contributed by atoms with van der Waals surface area (Å²) in [5.74, 6) is 1.79. The third-order valence-electron chi connectivity index (χ3n) is 3.93. The van der Waals surface area contributed by atoms with Crippen LogP contribution >= 0.6 is 0 Å². The van der Waals surface area contributed by atoms with Gasteiger partial charge in [-0.1, -0.05) is 0 Å². The first-order chi connectivity index (χ1) is 9.59. The Bertz CT molecular complexity index is 721. The summed E-state index contributed by atoms with van der Waals surface area (Å²) >= 11 is 0. The van der Waals surface area contributed by atoms with Crippen molar-refractivity contribution in [3.8, 4) is 0 Å². The second kappa shape index (κ2) is 5.16. The minimum absolute atomic E-state index is 0.191. The maximum atomic E-state index is 11.7. The lowest BCUT2D eigenvalue weighted by molar-refractivity contribution is 0.468. The molecule has 1 aliphatic rings. The first kappa shape index (κ1) is 13.5. The fourth-order valence-corrected chi connectivity index (χ4v) is 4.81. The third kappa shape index (κ3) is 2.57. The maximum Gasteiger partial charge on any atom is 0.159 e. The molecule has 0 bridgehead atoms. The van der Waals surface area contributed by atoms with E-state index in [0.29, 0.717) is 11.5 Å². The zero-order chi connectivity index (χ0) is 14.2. The quantitative estimate of drug-likeness (QED) is 0.866. The minimum Gasteiger partial charge on any atom is -0.313 e. The monoisotopic (exact) mass is 293 g/mol. The van der Waals surface area contributed by atoms with E-state index in [1.807, 2.05) is 12.1 Å². The number of imidazole rings is 1. The van der Waals surface area contributed by atoms with Crippen molar-refractivity contribution >= 4 is 21.0 Å². The van der Waals surface area contributed by atoms with E-state index in [0.717, 1.165) is 42.8 Å². The van der Waals surface area contributed by atoms with Crippen molar-refractivity contribution in [2.45, 2.75) is 32.7 Å². The van der Waals surface area contributed by atoms with E-state index < -0.39 is 9.84 Å². The summed E-state index contributed by atoms with van der Waals surface area (Å²) in [5, 5.41) is 0. The van der Waals surface area contributed by atoms with Gasteiger partial charge in [0.1, 0.15) is 11.3 Å². The van der Waals surface area contributed by atoms with Gasteiger partial charge in [-0.25, -0.2) is 18.4 Å². The topological polar surface area (TPSA) is 64.8 Å². The summed E-state index contributed by atoms with van der Waals surface area (Å²) in [6, 6.07) is 3.83. The number of rotatable bonds is 3. The van der Waals surface area contributed by atoms with Gasteiger partial charge in [0.05, 0.1) is 11.5 Å². The van der Waals surface area contributed by atoms with Crippen molar-refractivity contribution in [1.29, 1.82) is 0 Å². The highest BCUT2D eigenvalue weighted by Crippen LogP contribution is 2.23. The highest BCUT2D eigenvalue weighted by atomic mass is 32.2. The Labute approximate surface area is 119 Å². The SMILES string of the molecule is CCn1c(CC2CCCS(=O)(=O)C2)nc2cccnc21. The maximum absolute atomic E-state index is 11.7. The smallest absolute Gasteiger partial charge is 0.159 e. The first-order valence-electron chi connectivity index (χ1n) is 7.09. The van der Waals surface area contributed by atoms with E-state index in [2.05, 4.69) is 21.5 Å². The summed E-state index contributed by atoms with van der Waals surface area (Å²) in [6.07, 6.45) is 4.24. The lowest BCUT2D eigenvalue weighted by atomic mass is 10.0. The van der Waals surface area contributed by atoms with E-state index in [4.69, 9.17) is 0 Å². The molecule has 1 saturated heterocycles. The largest absolute Gasteiger partial charge is 0.313 e. The summed E-state index contributed by atoms with van der Waals surface area (Å²) < 4.78 is 25.6. The average molecular weight is 293 g/mol. The zero-order valence-corrected chi connectivity index (χ0v) is 12.4. The van der Waals surface area contributed by atoms with Crippen LogP contribution in [0.15, 0.2) is 18.3 Å². The van der Waals surface area contributed by atoms with Crippen molar-refractivity contribution in [2.24, 2.45) is 5.92 Å². The zero-order valence-electron chi connectivity index (χ0n) is 11.6. The van der Waals surface area contributed by atoms with Crippen LogP contribution < -0.4 is 0 Å². The number of aryl methyl sites for hydroxylation is 1. The van der Waals surface area contributed by atoms with E-state index in [1.165, 1.54) is 0 Å². The summed E-state index contributed by atoms with van der Waals surface area (Å²) in [4.78, 5) is 9.01. The molecule has 5 nitrogen and oxygen atoms in total. The van der Waals surface area contributed by atoms with Crippen LogP contribution in [-0.2, 0) is 22.8 Å². The molecule has 1 aliphatic heterocycles. The number of pyridine rings is 1. The highest BCUT2D eigenvalue weighted by molar-refractivity contribution is 7.91. The van der Waals surface area contributed by atoms with E-state index >= 15 is 0 Å². The standard InChI is InChI=1S/C14H19N3O2S/c1-2-17-13(16-12-6-3-7-15-14(12)17)9-11-5-4-8-20(18,19)10-11/h3,6-7,11H,2,4-5,8-10H2,1H3. The molecule has 0 radical (unpaired) electrons. The van der Waals surface area contributed by atoms with Crippen LogP contribution in [-0.4, -0.2) is 34.5 Å². The van der Waals surface area contributed by atoms with Crippen LogP contribution in [0, 0.1) is 5.92 Å². The highest BCUT2D eigenvalue weighted by Gasteiger charge is 2.26. The van der Waals surface area contributed by atoms with Crippen LogP contribution in [0.5, 0.6) is 0 Å². The Morgan fingerprint density at radius 1 is 1.45 bits per heavy atom. The summed E-state index contributed by atoms with van der Waals surface area (Å²) in [6.45, 7) is 2.87. The molecule has 20 heavy (non-hydrogen) atoms. The molecule has 6 heteroatoms. The van der Waals surface area contributed by atoms with Gasteiger partial charge < -0.3 is 4.57 Å². The molecule has 0 amide bonds. The van der Waals surface area contributed by atoms with Gasteiger partial charge in [-0.05, 0) is 37.8 Å². The average Bonchev–Trinajstić information content (AvgIpc) is 2.74. The van der Waals surface area contributed by atoms with Crippen molar-refractivity contribution in [3.05, 3.63) is 24.2 Å². The molecule has 0 N–H and O–H groups in total. The summed E-state index contributed by atoms with van der Waals surface area (Å²) in [7, 11) is -2.85. The van der Waals surface area contributed by atoms with Gasteiger partial charge in [0.25, 0.3) is 0 Å². The minimum atomic E-state index is -2.85. The predicted octanol–water partition coefficient (Wildman–Crippen LogP) is 1.82. The Morgan fingerprint density at radius 3 is 3.05 bits per heavy atom. The lowest BCUT2D eigenvalue weighted by Crippen LogP contribution is -2.27. The van der Waals surface area contributed by atoms with E-state index in [9.17, 15) is 8.42 Å². The normalized spacial score (nSPS) is 22.1. The van der Waals surface area contributed by atoms with E-state index in [1.54, 1.807) is 6.20 Å². The molecular weight excluding hydrogens is 274 g/mol. The van der Waals surface area contributed by atoms with Gasteiger partial charge in [-0.15, -0.1) is 0 Å². The second-order valence-corrected chi connectivity index (χ2v) is 7.67. The van der Waals surface area contributed by atoms with Gasteiger partial charge in [0.2, 0.25) is 0 Å². The van der Waals surface area contributed by atoms with Gasteiger partial charge in [0, 0.05) is 19.2 Å². The molecule has 3 heterocycles. The van der Waals surface area contributed by atoms with Crippen LogP contribution in [0.3, 0.4) is 0 Å². The number of hydrogen-bond acceptors (Lipinski definition) is 4. The van der Waals surface area contributed by atoms with Gasteiger partial charge in [-0.2, -0.15) is 0 Å². The van der Waals surface area contributed by atoms with Gasteiger partial charge in [0.15, 0.2) is 15.5 Å². The van der Waals surface area contributed by atoms with Crippen molar-refractivity contribution in [1.82, 2.24) is 14.5 Å². The van der Waals surface area contributed by atoms with Crippen LogP contribution in [0.2, 0.25) is 0 Å². The molecule has 0 aliphatic carbocycles. The molecular formula is C14H19N3O2S. The Morgan fingerprint density at radius 2 is 2.30 bits per heavy atom. The fraction of sp³-hybridized carbons (Fsp3) is 0.571. The second-order valence-electron chi connectivity index (χ2n) is 5.45. The van der Waals surface area contributed by atoms with E-state index in [-0.39, 0.29) is 5.92 Å². The predicted molar refractivity (Wildman–Crippen MR) is 78.3 cm³/mol. The molecule has 3 rings (SSSR count). The molecule has 108 valence electrons. The van der Waals surface area contributed by atoms with Crippen LogP contribution in [0.1, 0.15) is 25.6 Å². The lowest BCUT2D eigenvalue weighted by Gasteiger charge is -2.21. The van der Waals surface area contributed by atoms with Crippen LogP contribution in [0.4, 0.5) is 0 Å². The third-order valence-corrected chi connectivity index (χ3v) is 5.82. The molecule has 0 saturated carbocycles. The number of sulfone groups is 1. The molecule has 2 aromatic rings. The van der Waals surface area contributed by atoms with Gasteiger partial charge in [-0.3, -0.25) is 0 Å². The fourth-order valence-electron chi connectivity index (χ4n) is 3.03. The van der Waals surface area contributed by atoms with Crippen LogP contribution in [0.25, 0.3) is 11.2 Å². The summed E-state index contributed by atoms with van der Waals surface area (Å²) in [5.41, 5.74) is 1.78. The Kier molecular flexibility index (Phi) is 3.50. The molecule has 1 fully saturated rings. The van der Waals surface area contributed by atoms with Crippen molar-refractivity contribution in [2.75, 3.05) is 11.5 Å². The molecule has 1 atom stereocenters. The number of fused-ring (bicyclic) bond motifs is 1. The molecule has 0 aromatic carbocycles. The van der Waals surface area contributed by atoms with Crippen molar-refractivity contribution in [3.63, 3.8) is 0 Å². The Hall–Kier alpha value is -1.43. The van der Waals surface area contributed by atoms with Crippen molar-refractivity contribution < 1.29 is 8.42 Å². The molecule has 1 unspecified atom stereocenters. The van der Waals surface area contributed by atoms with Gasteiger partial charge >= 0.3 is 0 Å².